The van der Waals surface area contributed by atoms with Gasteiger partial charge >= 0.3 is 5.97 Å². The molecule has 0 aliphatic carbocycles. The van der Waals surface area contributed by atoms with Gasteiger partial charge in [-0.15, -0.1) is 0 Å². The minimum absolute atomic E-state index is 0.0165. The zero-order valence-corrected chi connectivity index (χ0v) is 56.2. The number of likely N-dealkylation sites (N-methyl/N-ethyl adjacent to an activating group) is 1. The number of amides is 1. The lowest BCUT2D eigenvalue weighted by Crippen LogP contribution is -2.47. The van der Waals surface area contributed by atoms with E-state index in [9.17, 15) is 19.0 Å². The molecule has 0 aliphatic rings. The second-order valence-electron chi connectivity index (χ2n) is 26.1. The van der Waals surface area contributed by atoms with Gasteiger partial charge in [-0.3, -0.25) is 14.2 Å². The van der Waals surface area contributed by atoms with Crippen molar-refractivity contribution in [3.05, 3.63) is 12.2 Å². The molecule has 3 atom stereocenters. The molecule has 0 saturated heterocycles. The molecule has 0 rings (SSSR count). The maximum absolute atomic E-state index is 13.6. The summed E-state index contributed by atoms with van der Waals surface area (Å²) < 4.78 is 30.4. The fraction of sp³-hybridized carbons (Fsp3) is 0.944. The van der Waals surface area contributed by atoms with Crippen LogP contribution < -0.4 is 10.2 Å². The van der Waals surface area contributed by atoms with Gasteiger partial charge in [-0.1, -0.05) is 348 Å². The van der Waals surface area contributed by atoms with Crippen molar-refractivity contribution in [3.8, 4) is 0 Å². The normalized spacial score (nSPS) is 13.5. The second kappa shape index (κ2) is 61.8. The van der Waals surface area contributed by atoms with E-state index in [-0.39, 0.29) is 31.5 Å². The number of phosphoric ester groups is 1. The van der Waals surface area contributed by atoms with Gasteiger partial charge in [0.25, 0.3) is 7.82 Å². The van der Waals surface area contributed by atoms with E-state index >= 15 is 0 Å². The van der Waals surface area contributed by atoms with Crippen molar-refractivity contribution in [2.75, 3.05) is 40.9 Å². The van der Waals surface area contributed by atoms with Crippen LogP contribution in [0, 0.1) is 0 Å². The Morgan fingerprint density at radius 3 is 1.01 bits per heavy atom. The van der Waals surface area contributed by atoms with Gasteiger partial charge in [-0.25, -0.2) is 0 Å². The lowest BCUT2D eigenvalue weighted by Gasteiger charge is -2.30. The summed E-state index contributed by atoms with van der Waals surface area (Å²) in [4.78, 5) is 40.1. The van der Waals surface area contributed by atoms with E-state index in [1.807, 2.05) is 33.3 Å². The molecule has 482 valence electrons. The van der Waals surface area contributed by atoms with Crippen LogP contribution in [0.25, 0.3) is 0 Å². The van der Waals surface area contributed by atoms with E-state index in [0.29, 0.717) is 17.4 Å². The highest BCUT2D eigenvalue weighted by Gasteiger charge is 2.27. The minimum atomic E-state index is -4.69. The molecule has 0 radical (unpaired) electrons. The summed E-state index contributed by atoms with van der Waals surface area (Å²) in [5.74, 6) is -0.514. The summed E-state index contributed by atoms with van der Waals surface area (Å²) in [6.45, 7) is 6.92. The fourth-order valence-electron chi connectivity index (χ4n) is 11.2. The molecule has 0 spiro atoms. The Bertz CT molecular complexity index is 1390. The van der Waals surface area contributed by atoms with Crippen molar-refractivity contribution in [2.24, 2.45) is 0 Å². The first-order valence-electron chi connectivity index (χ1n) is 36.0. The molecule has 0 aromatic rings. The molecule has 0 aliphatic heterocycles. The highest BCUT2D eigenvalue weighted by atomic mass is 31.2. The van der Waals surface area contributed by atoms with Crippen molar-refractivity contribution in [1.29, 1.82) is 0 Å². The SMILES string of the molecule is CCCCCCCCCCC/C=C/C(OC(=O)CCCCCCCCCCCCCCCCCCCCC)C(COP(=O)([O-])OCC[N+](C)(C)C)NC(=O)CCCCCCCCCCCCCCCCCCCCCCCCCCC. The zero-order valence-electron chi connectivity index (χ0n) is 55.3. The van der Waals surface area contributed by atoms with Crippen LogP contribution in [0.4, 0.5) is 0 Å². The van der Waals surface area contributed by atoms with Gasteiger partial charge in [0, 0.05) is 12.8 Å². The Kier molecular flexibility index (Phi) is 60.9. The van der Waals surface area contributed by atoms with Crippen LogP contribution in [0.5, 0.6) is 0 Å². The minimum Gasteiger partial charge on any atom is -0.756 e. The molecule has 0 heterocycles. The van der Waals surface area contributed by atoms with Gasteiger partial charge in [0.05, 0.1) is 33.8 Å². The predicted molar refractivity (Wildman–Crippen MR) is 349 cm³/mol. The average Bonchev–Trinajstić information content (AvgIpc) is 3.43. The van der Waals surface area contributed by atoms with Crippen LogP contribution in [0.2, 0.25) is 0 Å². The largest absolute Gasteiger partial charge is 0.756 e. The third kappa shape index (κ3) is 63.1. The van der Waals surface area contributed by atoms with Crippen LogP contribution in [0.3, 0.4) is 0 Å². The van der Waals surface area contributed by atoms with Crippen LogP contribution in [-0.4, -0.2) is 69.4 Å². The van der Waals surface area contributed by atoms with Gasteiger partial charge in [0.15, 0.2) is 0 Å². The van der Waals surface area contributed by atoms with Crippen molar-refractivity contribution >= 4 is 19.7 Å². The summed E-state index contributed by atoms with van der Waals surface area (Å²) in [6.07, 6.45) is 73.4. The highest BCUT2D eigenvalue weighted by Crippen LogP contribution is 2.38. The summed E-state index contributed by atoms with van der Waals surface area (Å²) >= 11 is 0. The van der Waals surface area contributed by atoms with Crippen LogP contribution in [-0.2, 0) is 27.9 Å². The number of hydrogen-bond acceptors (Lipinski definition) is 7. The zero-order chi connectivity index (χ0) is 59.3. The quantitative estimate of drug-likeness (QED) is 0.0212. The Morgan fingerprint density at radius 1 is 0.420 bits per heavy atom. The monoisotopic (exact) mass is 1170 g/mol. The number of allylic oxidation sites excluding steroid dienone is 1. The number of carbonyl (C=O) groups is 2. The Labute approximate surface area is 505 Å². The molecule has 81 heavy (non-hydrogen) atoms. The number of rotatable bonds is 67. The fourth-order valence-corrected chi connectivity index (χ4v) is 11.9. The molecule has 0 saturated carbocycles. The maximum Gasteiger partial charge on any atom is 0.306 e. The van der Waals surface area contributed by atoms with Crippen molar-refractivity contribution in [1.82, 2.24) is 5.32 Å². The van der Waals surface area contributed by atoms with Crippen molar-refractivity contribution in [2.45, 2.75) is 392 Å². The van der Waals surface area contributed by atoms with Gasteiger partial charge in [-0.2, -0.15) is 0 Å². The molecule has 0 fully saturated rings. The van der Waals surface area contributed by atoms with E-state index in [4.69, 9.17) is 13.8 Å². The van der Waals surface area contributed by atoms with Gasteiger partial charge in [-0.05, 0) is 31.8 Å². The van der Waals surface area contributed by atoms with Gasteiger partial charge in [0.2, 0.25) is 5.91 Å². The smallest absolute Gasteiger partial charge is 0.306 e. The van der Waals surface area contributed by atoms with Crippen molar-refractivity contribution in [3.63, 3.8) is 0 Å². The lowest BCUT2D eigenvalue weighted by atomic mass is 10.0. The number of esters is 1. The number of carbonyl (C=O) groups excluding carboxylic acids is 2. The number of nitrogens with one attached hydrogen (secondary N) is 1. The Hall–Kier alpha value is -1.25. The van der Waals surface area contributed by atoms with E-state index in [1.165, 1.54) is 289 Å². The molecule has 0 aromatic carbocycles. The maximum atomic E-state index is 13.6. The number of hydrogen-bond donors (Lipinski definition) is 1. The Morgan fingerprint density at radius 2 is 0.704 bits per heavy atom. The Balaban J connectivity index is 4.95. The van der Waals surface area contributed by atoms with Crippen LogP contribution in [0.1, 0.15) is 380 Å². The number of phosphoric acid groups is 1. The number of unbranched alkanes of at least 4 members (excludes halogenated alkanes) is 51. The van der Waals surface area contributed by atoms with Gasteiger partial charge in [0.1, 0.15) is 19.3 Å². The van der Waals surface area contributed by atoms with Crippen LogP contribution in [0.15, 0.2) is 12.2 Å². The molecule has 3 unspecified atom stereocenters. The molecule has 10 heteroatoms. The number of ether oxygens (including phenoxy) is 1. The third-order valence-corrected chi connectivity index (χ3v) is 17.7. The van der Waals surface area contributed by atoms with E-state index in [2.05, 4.69) is 26.1 Å². The molecule has 1 amide bonds. The number of quaternary nitrogens is 1. The van der Waals surface area contributed by atoms with Crippen LogP contribution >= 0.6 is 7.82 Å². The molecular weight excluding hydrogens is 1020 g/mol. The first-order chi connectivity index (χ1) is 39.4. The van der Waals surface area contributed by atoms with Gasteiger partial charge < -0.3 is 28.5 Å². The first-order valence-corrected chi connectivity index (χ1v) is 37.5. The summed E-state index contributed by atoms with van der Waals surface area (Å²) in [5.41, 5.74) is 0. The van der Waals surface area contributed by atoms with E-state index in [0.717, 1.165) is 57.8 Å². The first kappa shape index (κ1) is 79.8. The predicted octanol–water partition coefficient (Wildman–Crippen LogP) is 22.1. The second-order valence-corrected chi connectivity index (χ2v) is 27.5. The number of nitrogens with zero attached hydrogens (tertiary/aromatic N) is 1. The standard InChI is InChI=1S/C71H141N2O7P/c1-7-10-13-16-19-22-25-27-29-31-33-34-35-36-37-38-40-41-43-45-48-51-54-57-60-63-70(74)72-68(67-79-81(76,77)78-66-65-73(4,5)6)69(62-59-56-53-50-47-24-21-18-15-12-9-3)80-71(75)64-61-58-55-52-49-46-44-42-39-32-30-28-26-23-20-17-14-11-8-2/h59,62,68-69H,7-58,60-61,63-67H2,1-6H3,(H-,72,74,76,77)/b62-59+. The topological polar surface area (TPSA) is 114 Å². The van der Waals surface area contributed by atoms with E-state index < -0.39 is 20.0 Å². The molecular formula is C71H141N2O7P. The summed E-state index contributed by atoms with van der Waals surface area (Å²) in [7, 11) is 1.21. The van der Waals surface area contributed by atoms with Crippen molar-refractivity contribution < 1.29 is 37.3 Å². The third-order valence-electron chi connectivity index (χ3n) is 16.7. The van der Waals surface area contributed by atoms with E-state index in [1.54, 1.807) is 0 Å². The molecule has 9 nitrogen and oxygen atoms in total. The molecule has 0 aromatic heterocycles. The average molecular weight is 1170 g/mol. The summed E-state index contributed by atoms with van der Waals surface area (Å²) in [6, 6.07) is -0.880. The molecule has 1 N–H and O–H groups in total. The highest BCUT2D eigenvalue weighted by molar-refractivity contribution is 7.45. The lowest BCUT2D eigenvalue weighted by molar-refractivity contribution is -0.870. The molecule has 0 bridgehead atoms. The summed E-state index contributed by atoms with van der Waals surface area (Å²) in [5, 5.41) is 3.05.